The van der Waals surface area contributed by atoms with Crippen LogP contribution < -0.4 is 9.47 Å². The van der Waals surface area contributed by atoms with Crippen molar-refractivity contribution in [2.24, 2.45) is 5.92 Å². The van der Waals surface area contributed by atoms with Crippen LogP contribution in [0, 0.1) is 26.7 Å². The summed E-state index contributed by atoms with van der Waals surface area (Å²) in [5.74, 6) is 1.45. The summed E-state index contributed by atoms with van der Waals surface area (Å²) in [5, 5.41) is 11.9. The van der Waals surface area contributed by atoms with Gasteiger partial charge in [-0.05, 0) is 55.5 Å². The molecule has 1 N–H and O–H groups in total. The first-order valence-electron chi connectivity index (χ1n) is 8.40. The van der Waals surface area contributed by atoms with Gasteiger partial charge in [-0.1, -0.05) is 41.9 Å². The second-order valence-electron chi connectivity index (χ2n) is 6.74. The molecule has 0 aromatic heterocycles. The van der Waals surface area contributed by atoms with Crippen LogP contribution in [0.1, 0.15) is 41.7 Å². The molecule has 1 unspecified atom stereocenters. The molecule has 4 heteroatoms. The lowest BCUT2D eigenvalue weighted by Gasteiger charge is -2.37. The molecule has 0 spiro atoms. The van der Waals surface area contributed by atoms with Crippen LogP contribution in [0.25, 0.3) is 0 Å². The Labute approximate surface area is 159 Å². The van der Waals surface area contributed by atoms with Gasteiger partial charge >= 0.3 is 0 Å². The Hall–Kier alpha value is -1.52. The van der Waals surface area contributed by atoms with Crippen molar-refractivity contribution in [1.82, 2.24) is 0 Å². The van der Waals surface area contributed by atoms with Gasteiger partial charge in [0, 0.05) is 15.6 Å². The second-order valence-corrected chi connectivity index (χ2v) is 7.66. The zero-order valence-corrected chi connectivity index (χ0v) is 17.6. The summed E-state index contributed by atoms with van der Waals surface area (Å²) in [7, 11) is 3.32. The van der Waals surface area contributed by atoms with E-state index in [9.17, 15) is 5.11 Å². The number of halogens is 1. The van der Waals surface area contributed by atoms with Crippen LogP contribution in [0.2, 0.25) is 0 Å². The molecule has 3 nitrogen and oxygen atoms in total. The molecule has 2 aromatic carbocycles. The zero-order chi connectivity index (χ0) is 18.9. The van der Waals surface area contributed by atoms with Crippen LogP contribution in [0.15, 0.2) is 28.7 Å². The van der Waals surface area contributed by atoms with Crippen molar-refractivity contribution in [2.75, 3.05) is 14.2 Å². The zero-order valence-electron chi connectivity index (χ0n) is 16.0. The lowest BCUT2D eigenvalue weighted by Crippen LogP contribution is -2.35. The molecule has 0 aliphatic carbocycles. The Morgan fingerprint density at radius 3 is 1.80 bits per heavy atom. The van der Waals surface area contributed by atoms with Crippen molar-refractivity contribution in [3.63, 3.8) is 0 Å². The minimum Gasteiger partial charge on any atom is -0.496 e. The van der Waals surface area contributed by atoms with Crippen molar-refractivity contribution < 1.29 is 14.6 Å². The molecule has 2 rings (SSSR count). The van der Waals surface area contributed by atoms with Crippen molar-refractivity contribution in [3.8, 4) is 11.5 Å². The SMILES string of the molecule is COc1c(C)c(C)c(OC)c(C(O)(c2ccc(Br)cc2)C(C)C)c1C. The molecule has 0 radical (unpaired) electrons. The third-order valence-electron chi connectivity index (χ3n) is 5.10. The Bertz CT molecular complexity index is 766. The van der Waals surface area contributed by atoms with E-state index in [0.717, 1.165) is 43.8 Å². The Kier molecular flexibility index (Phi) is 5.85. The normalized spacial score (nSPS) is 13.7. The molecule has 0 amide bonds. The van der Waals surface area contributed by atoms with E-state index in [0.29, 0.717) is 0 Å². The van der Waals surface area contributed by atoms with Gasteiger partial charge < -0.3 is 14.6 Å². The highest BCUT2D eigenvalue weighted by molar-refractivity contribution is 9.10. The molecule has 0 heterocycles. The van der Waals surface area contributed by atoms with E-state index < -0.39 is 5.60 Å². The van der Waals surface area contributed by atoms with Crippen molar-refractivity contribution in [3.05, 3.63) is 56.6 Å². The number of methoxy groups -OCH3 is 2. The van der Waals surface area contributed by atoms with Crippen LogP contribution >= 0.6 is 15.9 Å². The predicted octanol–water partition coefficient (Wildman–Crippen LogP) is 5.28. The summed E-state index contributed by atoms with van der Waals surface area (Å²) in [5.41, 5.74) is 3.33. The van der Waals surface area contributed by atoms with Crippen LogP contribution in [-0.4, -0.2) is 19.3 Å². The van der Waals surface area contributed by atoms with Gasteiger partial charge in [-0.2, -0.15) is 0 Å². The van der Waals surface area contributed by atoms with Crippen LogP contribution in [0.3, 0.4) is 0 Å². The highest BCUT2D eigenvalue weighted by Gasteiger charge is 2.41. The summed E-state index contributed by atoms with van der Waals surface area (Å²) in [6, 6.07) is 7.79. The van der Waals surface area contributed by atoms with Gasteiger partial charge in [-0.25, -0.2) is 0 Å². The highest BCUT2D eigenvalue weighted by Crippen LogP contribution is 2.48. The van der Waals surface area contributed by atoms with Gasteiger partial charge in [0.1, 0.15) is 17.1 Å². The van der Waals surface area contributed by atoms with Gasteiger partial charge in [0.25, 0.3) is 0 Å². The van der Waals surface area contributed by atoms with Crippen LogP contribution in [0.4, 0.5) is 0 Å². The molecule has 0 saturated heterocycles. The smallest absolute Gasteiger partial charge is 0.129 e. The van der Waals surface area contributed by atoms with Gasteiger partial charge in [0.05, 0.1) is 14.2 Å². The van der Waals surface area contributed by atoms with Crippen LogP contribution in [-0.2, 0) is 5.60 Å². The number of aliphatic hydroxyl groups is 1. The average Bonchev–Trinajstić information content (AvgIpc) is 2.58. The van der Waals surface area contributed by atoms with E-state index in [1.54, 1.807) is 14.2 Å². The molecular weight excluding hydrogens is 380 g/mol. The fourth-order valence-electron chi connectivity index (χ4n) is 3.58. The fourth-order valence-corrected chi connectivity index (χ4v) is 3.85. The lowest BCUT2D eigenvalue weighted by molar-refractivity contribution is 0.0285. The first kappa shape index (κ1) is 19.8. The molecule has 0 saturated carbocycles. The first-order chi connectivity index (χ1) is 11.7. The highest BCUT2D eigenvalue weighted by atomic mass is 79.9. The molecule has 2 aromatic rings. The Morgan fingerprint density at radius 1 is 0.880 bits per heavy atom. The monoisotopic (exact) mass is 406 g/mol. The van der Waals surface area contributed by atoms with Crippen molar-refractivity contribution in [2.45, 2.75) is 40.2 Å². The van der Waals surface area contributed by atoms with Gasteiger partial charge in [0.2, 0.25) is 0 Å². The lowest BCUT2D eigenvalue weighted by atomic mass is 9.74. The fraction of sp³-hybridized carbons (Fsp3) is 0.429. The van der Waals surface area contributed by atoms with E-state index in [1.165, 1.54) is 0 Å². The summed E-state index contributed by atoms with van der Waals surface area (Å²) in [6.07, 6.45) is 0. The maximum absolute atomic E-state index is 11.9. The van der Waals surface area contributed by atoms with Crippen molar-refractivity contribution >= 4 is 15.9 Å². The van der Waals surface area contributed by atoms with Crippen molar-refractivity contribution in [1.29, 1.82) is 0 Å². The molecule has 0 bridgehead atoms. The third kappa shape index (κ3) is 3.18. The average molecular weight is 407 g/mol. The molecule has 0 aliphatic heterocycles. The third-order valence-corrected chi connectivity index (χ3v) is 5.62. The molecule has 0 fully saturated rings. The van der Waals surface area contributed by atoms with Gasteiger partial charge in [-0.15, -0.1) is 0 Å². The number of hydrogen-bond acceptors (Lipinski definition) is 3. The minimum atomic E-state index is -1.19. The van der Waals surface area contributed by atoms with E-state index in [2.05, 4.69) is 15.9 Å². The number of ether oxygens (including phenoxy) is 2. The summed E-state index contributed by atoms with van der Waals surface area (Å²) in [4.78, 5) is 0. The molecule has 1 atom stereocenters. The van der Waals surface area contributed by atoms with E-state index in [4.69, 9.17) is 9.47 Å². The van der Waals surface area contributed by atoms with Gasteiger partial charge in [0.15, 0.2) is 0 Å². The second kappa shape index (κ2) is 7.38. The Balaban J connectivity index is 2.92. The molecular formula is C21H27BrO3. The summed E-state index contributed by atoms with van der Waals surface area (Å²) < 4.78 is 12.4. The number of benzene rings is 2. The maximum Gasteiger partial charge on any atom is 0.129 e. The first-order valence-corrected chi connectivity index (χ1v) is 9.20. The van der Waals surface area contributed by atoms with E-state index >= 15 is 0 Å². The predicted molar refractivity (Wildman–Crippen MR) is 106 cm³/mol. The molecule has 25 heavy (non-hydrogen) atoms. The number of hydrogen-bond donors (Lipinski definition) is 1. The number of rotatable bonds is 5. The molecule has 136 valence electrons. The molecule has 0 aliphatic rings. The van der Waals surface area contributed by atoms with Gasteiger partial charge in [-0.3, -0.25) is 0 Å². The maximum atomic E-state index is 11.9. The van der Waals surface area contributed by atoms with E-state index in [1.807, 2.05) is 58.9 Å². The minimum absolute atomic E-state index is 0.0620. The van der Waals surface area contributed by atoms with Crippen LogP contribution in [0.5, 0.6) is 11.5 Å². The summed E-state index contributed by atoms with van der Waals surface area (Å²) in [6.45, 7) is 10.0. The topological polar surface area (TPSA) is 38.7 Å². The Morgan fingerprint density at radius 2 is 1.36 bits per heavy atom. The largest absolute Gasteiger partial charge is 0.496 e. The standard InChI is InChI=1S/C21H27BrO3/c1-12(2)21(23,16-8-10-17(22)11-9-16)18-15(5)19(24-6)13(3)14(4)20(18)25-7/h8-12,23H,1-7H3. The summed E-state index contributed by atoms with van der Waals surface area (Å²) >= 11 is 3.47. The van der Waals surface area contributed by atoms with E-state index in [-0.39, 0.29) is 5.92 Å². The quantitative estimate of drug-likeness (QED) is 0.733.